The van der Waals surface area contributed by atoms with Gasteiger partial charge in [0.1, 0.15) is 5.82 Å². The number of hydrogen-bond acceptors (Lipinski definition) is 3. The van der Waals surface area contributed by atoms with Crippen molar-refractivity contribution >= 4 is 15.9 Å². The van der Waals surface area contributed by atoms with Crippen LogP contribution in [0.25, 0.3) is 0 Å². The molecule has 1 unspecified atom stereocenters. The molecular formula is C16H17BrFNO2. The Bertz CT molecular complexity index is 616. The quantitative estimate of drug-likeness (QED) is 0.887. The van der Waals surface area contributed by atoms with Crippen LogP contribution >= 0.6 is 15.9 Å². The van der Waals surface area contributed by atoms with E-state index in [4.69, 9.17) is 15.2 Å². The maximum absolute atomic E-state index is 12.9. The highest BCUT2D eigenvalue weighted by atomic mass is 79.9. The standard InChI is InChI=1S/C16H17BrFNO2/c1-20-15-8-12(13(17)9-16(15)21-2)14(19)7-10-3-5-11(18)6-4-10/h3-6,8-9,14H,7,19H2,1-2H3. The molecule has 0 heterocycles. The lowest BCUT2D eigenvalue weighted by Crippen LogP contribution is -2.14. The fraction of sp³-hybridized carbons (Fsp3) is 0.250. The lowest BCUT2D eigenvalue weighted by molar-refractivity contribution is 0.354. The summed E-state index contributed by atoms with van der Waals surface area (Å²) in [4.78, 5) is 0. The Morgan fingerprint density at radius 2 is 1.67 bits per heavy atom. The monoisotopic (exact) mass is 353 g/mol. The summed E-state index contributed by atoms with van der Waals surface area (Å²) in [5, 5.41) is 0. The molecule has 5 heteroatoms. The van der Waals surface area contributed by atoms with Gasteiger partial charge >= 0.3 is 0 Å². The molecule has 2 aromatic rings. The summed E-state index contributed by atoms with van der Waals surface area (Å²) < 4.78 is 24.3. The number of halogens is 2. The largest absolute Gasteiger partial charge is 0.493 e. The second kappa shape index (κ2) is 6.91. The van der Waals surface area contributed by atoms with Crippen molar-refractivity contribution in [1.29, 1.82) is 0 Å². The Balaban J connectivity index is 2.26. The lowest BCUT2D eigenvalue weighted by atomic mass is 9.99. The topological polar surface area (TPSA) is 44.5 Å². The molecular weight excluding hydrogens is 337 g/mol. The molecule has 0 aromatic heterocycles. The molecule has 0 spiro atoms. The molecule has 0 aliphatic rings. The van der Waals surface area contributed by atoms with Crippen molar-refractivity contribution in [1.82, 2.24) is 0 Å². The molecule has 0 aliphatic heterocycles. The van der Waals surface area contributed by atoms with Gasteiger partial charge in [0.05, 0.1) is 14.2 Å². The van der Waals surface area contributed by atoms with Gasteiger partial charge in [-0.3, -0.25) is 0 Å². The molecule has 0 fully saturated rings. The molecule has 112 valence electrons. The Morgan fingerprint density at radius 3 is 2.24 bits per heavy atom. The van der Waals surface area contributed by atoms with Crippen LogP contribution in [-0.4, -0.2) is 14.2 Å². The van der Waals surface area contributed by atoms with Gasteiger partial charge in [-0.25, -0.2) is 4.39 Å². The van der Waals surface area contributed by atoms with Crippen LogP contribution in [0.15, 0.2) is 40.9 Å². The zero-order valence-electron chi connectivity index (χ0n) is 11.9. The molecule has 0 radical (unpaired) electrons. The minimum Gasteiger partial charge on any atom is -0.493 e. The van der Waals surface area contributed by atoms with Crippen molar-refractivity contribution in [2.75, 3.05) is 14.2 Å². The maximum Gasteiger partial charge on any atom is 0.161 e. The number of rotatable bonds is 5. The van der Waals surface area contributed by atoms with Crippen LogP contribution in [0.3, 0.4) is 0 Å². The molecule has 0 saturated carbocycles. The Labute approximate surface area is 132 Å². The Hall–Kier alpha value is -1.59. The van der Waals surface area contributed by atoms with Crippen LogP contribution < -0.4 is 15.2 Å². The summed E-state index contributed by atoms with van der Waals surface area (Å²) in [5.74, 6) is 1.02. The van der Waals surface area contributed by atoms with Gasteiger partial charge in [-0.05, 0) is 41.8 Å². The molecule has 3 nitrogen and oxygen atoms in total. The van der Waals surface area contributed by atoms with E-state index in [1.165, 1.54) is 12.1 Å². The van der Waals surface area contributed by atoms with Crippen molar-refractivity contribution in [3.05, 3.63) is 57.8 Å². The number of methoxy groups -OCH3 is 2. The fourth-order valence-corrected chi connectivity index (χ4v) is 2.75. The third kappa shape index (κ3) is 3.74. The van der Waals surface area contributed by atoms with E-state index in [9.17, 15) is 4.39 Å². The van der Waals surface area contributed by atoms with Crippen molar-refractivity contribution < 1.29 is 13.9 Å². The van der Waals surface area contributed by atoms with E-state index in [-0.39, 0.29) is 11.9 Å². The number of nitrogens with two attached hydrogens (primary N) is 1. The first kappa shape index (κ1) is 15.8. The van der Waals surface area contributed by atoms with Crippen LogP contribution in [0.1, 0.15) is 17.2 Å². The minimum atomic E-state index is -0.250. The minimum absolute atomic E-state index is 0.232. The highest BCUT2D eigenvalue weighted by molar-refractivity contribution is 9.10. The Morgan fingerprint density at radius 1 is 1.10 bits per heavy atom. The third-order valence-corrected chi connectivity index (χ3v) is 3.96. The molecule has 0 aliphatic carbocycles. The summed E-state index contributed by atoms with van der Waals surface area (Å²) in [6.45, 7) is 0. The molecule has 21 heavy (non-hydrogen) atoms. The Kier molecular flexibility index (Phi) is 5.20. The van der Waals surface area contributed by atoms with Crippen LogP contribution in [0.4, 0.5) is 4.39 Å². The molecule has 2 N–H and O–H groups in total. The third-order valence-electron chi connectivity index (χ3n) is 3.27. The van der Waals surface area contributed by atoms with Crippen LogP contribution in [-0.2, 0) is 6.42 Å². The van der Waals surface area contributed by atoms with Gasteiger partial charge in [0.2, 0.25) is 0 Å². The molecule has 0 bridgehead atoms. The predicted octanol–water partition coefficient (Wildman–Crippen LogP) is 3.85. The van der Waals surface area contributed by atoms with Gasteiger partial charge in [0.15, 0.2) is 11.5 Å². The molecule has 2 aromatic carbocycles. The van der Waals surface area contributed by atoms with Crippen LogP contribution in [0.2, 0.25) is 0 Å². The SMILES string of the molecule is COc1cc(Br)c(C(N)Cc2ccc(F)cc2)cc1OC. The normalized spacial score (nSPS) is 12.0. The molecule has 0 saturated heterocycles. The van der Waals surface area contributed by atoms with E-state index in [2.05, 4.69) is 15.9 Å². The van der Waals surface area contributed by atoms with E-state index < -0.39 is 0 Å². The van der Waals surface area contributed by atoms with Gasteiger partial charge < -0.3 is 15.2 Å². The van der Waals surface area contributed by atoms with E-state index in [0.29, 0.717) is 17.9 Å². The van der Waals surface area contributed by atoms with Crippen LogP contribution in [0, 0.1) is 5.82 Å². The average Bonchev–Trinajstić information content (AvgIpc) is 2.49. The van der Waals surface area contributed by atoms with Gasteiger partial charge in [0.25, 0.3) is 0 Å². The van der Waals surface area contributed by atoms with Gasteiger partial charge in [-0.15, -0.1) is 0 Å². The predicted molar refractivity (Wildman–Crippen MR) is 84.3 cm³/mol. The van der Waals surface area contributed by atoms with Gasteiger partial charge in [-0.2, -0.15) is 0 Å². The number of hydrogen-bond donors (Lipinski definition) is 1. The van der Waals surface area contributed by atoms with Crippen LogP contribution in [0.5, 0.6) is 11.5 Å². The highest BCUT2D eigenvalue weighted by Crippen LogP contribution is 2.36. The molecule has 0 amide bonds. The van der Waals surface area contributed by atoms with Gasteiger partial charge in [0, 0.05) is 10.5 Å². The molecule has 1 atom stereocenters. The summed E-state index contributed by atoms with van der Waals surface area (Å²) in [7, 11) is 3.17. The van der Waals surface area contributed by atoms with E-state index in [0.717, 1.165) is 15.6 Å². The number of benzene rings is 2. The summed E-state index contributed by atoms with van der Waals surface area (Å²) >= 11 is 3.50. The van der Waals surface area contributed by atoms with E-state index >= 15 is 0 Å². The first-order valence-corrected chi connectivity index (χ1v) is 7.26. The lowest BCUT2D eigenvalue weighted by Gasteiger charge is -2.17. The summed E-state index contributed by atoms with van der Waals surface area (Å²) in [6, 6.07) is 9.81. The van der Waals surface area contributed by atoms with Gasteiger partial charge in [-0.1, -0.05) is 28.1 Å². The first-order valence-electron chi connectivity index (χ1n) is 6.46. The zero-order valence-corrected chi connectivity index (χ0v) is 13.5. The first-order chi connectivity index (χ1) is 10.0. The molecule has 2 rings (SSSR count). The highest BCUT2D eigenvalue weighted by Gasteiger charge is 2.15. The zero-order chi connectivity index (χ0) is 15.4. The van der Waals surface area contributed by atoms with E-state index in [1.807, 2.05) is 12.1 Å². The van der Waals surface area contributed by atoms with Crippen molar-refractivity contribution in [3.63, 3.8) is 0 Å². The summed E-state index contributed by atoms with van der Waals surface area (Å²) in [6.07, 6.45) is 0.606. The second-order valence-corrected chi connectivity index (χ2v) is 5.52. The average molecular weight is 354 g/mol. The smallest absolute Gasteiger partial charge is 0.161 e. The fourth-order valence-electron chi connectivity index (χ4n) is 2.14. The second-order valence-electron chi connectivity index (χ2n) is 4.67. The summed E-state index contributed by atoms with van der Waals surface area (Å²) in [5.41, 5.74) is 8.15. The number of ether oxygens (including phenoxy) is 2. The van der Waals surface area contributed by atoms with Crippen molar-refractivity contribution in [2.24, 2.45) is 5.73 Å². The van der Waals surface area contributed by atoms with Crippen molar-refractivity contribution in [3.8, 4) is 11.5 Å². The van der Waals surface area contributed by atoms with Crippen molar-refractivity contribution in [2.45, 2.75) is 12.5 Å². The van der Waals surface area contributed by atoms with E-state index in [1.54, 1.807) is 26.4 Å². The maximum atomic E-state index is 12.9.